The van der Waals surface area contributed by atoms with E-state index in [1.54, 1.807) is 0 Å². The van der Waals surface area contributed by atoms with Crippen molar-refractivity contribution < 1.29 is 74.6 Å². The summed E-state index contributed by atoms with van der Waals surface area (Å²) in [7, 11) is 0. The van der Waals surface area contributed by atoms with Crippen LogP contribution in [0, 0.1) is 5.41 Å². The van der Waals surface area contributed by atoms with E-state index in [9.17, 15) is 39.4 Å². The minimum atomic E-state index is -2.89. The van der Waals surface area contributed by atoms with E-state index < -0.39 is 59.7 Å². The van der Waals surface area contributed by atoms with Gasteiger partial charge < -0.3 is 40.5 Å². The molecule has 0 bridgehead atoms. The summed E-state index contributed by atoms with van der Waals surface area (Å²) in [6.45, 7) is -2.90. The Hall–Kier alpha value is -4.31. The number of aliphatic carboxylic acids is 5. The first kappa shape index (κ1) is 30.7. The molecule has 15 heteroatoms. The van der Waals surface area contributed by atoms with Crippen LogP contribution >= 0.6 is 0 Å². The molecule has 8 N–H and O–H groups in total. The van der Waals surface area contributed by atoms with Crippen LogP contribution in [0.4, 0.5) is 0 Å². The standard InChI is InChI=1S/C20H22O15/c21-11-18(12-22,20(35-33,8-3-15(27)28)9-4-16(29)30)19(6-1-13(23)24,7-2-14(25)26)34-10-5-17(31)32/h1-10,21-22,33H,11-12H2,(H,23,24)(H,25,26)(H,27,28)(H,29,30)(H,31,32). The number of aliphatic hydroxyl groups is 2. The molecule has 0 radical (unpaired) electrons. The quantitative estimate of drug-likeness (QED) is 0.0550. The first-order valence-electron chi connectivity index (χ1n) is 9.07. The summed E-state index contributed by atoms with van der Waals surface area (Å²) in [6, 6.07) is 0. The molecule has 0 aliphatic carbocycles. The predicted molar refractivity (Wildman–Crippen MR) is 111 cm³/mol. The van der Waals surface area contributed by atoms with Crippen molar-refractivity contribution in [2.24, 2.45) is 5.41 Å². The molecule has 0 atom stereocenters. The van der Waals surface area contributed by atoms with Crippen molar-refractivity contribution in [3.05, 3.63) is 60.9 Å². The van der Waals surface area contributed by atoms with Crippen LogP contribution in [0.2, 0.25) is 0 Å². The molecule has 0 aromatic heterocycles. The van der Waals surface area contributed by atoms with Crippen LogP contribution in [0.1, 0.15) is 0 Å². The van der Waals surface area contributed by atoms with Crippen LogP contribution in [-0.4, -0.2) is 95.3 Å². The highest BCUT2D eigenvalue weighted by Gasteiger charge is 2.63. The zero-order chi connectivity index (χ0) is 27.3. The highest BCUT2D eigenvalue weighted by molar-refractivity contribution is 5.83. The predicted octanol–water partition coefficient (Wildman–Crippen LogP) is -0.897. The van der Waals surface area contributed by atoms with E-state index in [1.807, 2.05) is 0 Å². The molecule has 0 aromatic carbocycles. The Bertz CT molecular complexity index is 902. The second-order valence-corrected chi connectivity index (χ2v) is 6.52. The molecule has 0 spiro atoms. The average molecular weight is 502 g/mol. The van der Waals surface area contributed by atoms with E-state index in [-0.39, 0.29) is 0 Å². The van der Waals surface area contributed by atoms with E-state index in [0.29, 0.717) is 60.9 Å². The van der Waals surface area contributed by atoms with Gasteiger partial charge in [0, 0.05) is 24.3 Å². The molecule has 0 fully saturated rings. The maximum atomic E-state index is 11.2. The lowest BCUT2D eigenvalue weighted by atomic mass is 9.60. The summed E-state index contributed by atoms with van der Waals surface area (Å²) < 4.78 is 5.27. The second-order valence-electron chi connectivity index (χ2n) is 6.52. The van der Waals surface area contributed by atoms with Gasteiger partial charge in [-0.1, -0.05) is 0 Å². The van der Waals surface area contributed by atoms with Crippen molar-refractivity contribution in [1.82, 2.24) is 0 Å². The topological polar surface area (TPSA) is 266 Å². The van der Waals surface area contributed by atoms with Gasteiger partial charge in [-0.25, -0.2) is 28.9 Å². The second kappa shape index (κ2) is 13.4. The summed E-state index contributed by atoms with van der Waals surface area (Å²) in [5.41, 5.74) is -8.45. The minimum Gasteiger partial charge on any atom is -0.485 e. The summed E-state index contributed by atoms with van der Waals surface area (Å²) in [5, 5.41) is 75.6. The van der Waals surface area contributed by atoms with Crippen molar-refractivity contribution in [3.63, 3.8) is 0 Å². The van der Waals surface area contributed by atoms with Crippen LogP contribution in [0.15, 0.2) is 60.9 Å². The third-order valence-electron chi connectivity index (χ3n) is 4.55. The van der Waals surface area contributed by atoms with Gasteiger partial charge in [0.05, 0.1) is 25.6 Å². The van der Waals surface area contributed by atoms with Gasteiger partial charge in [-0.05, 0) is 24.3 Å². The van der Waals surface area contributed by atoms with Crippen molar-refractivity contribution in [1.29, 1.82) is 0 Å². The van der Waals surface area contributed by atoms with Gasteiger partial charge in [-0.2, -0.15) is 0 Å². The normalized spacial score (nSPS) is 16.1. The van der Waals surface area contributed by atoms with Crippen LogP contribution in [-0.2, 0) is 33.6 Å². The summed E-state index contributed by atoms with van der Waals surface area (Å²) in [5.74, 6) is -8.38. The number of ether oxygens (including phenoxy) is 1. The number of aliphatic hydroxyl groups excluding tert-OH is 2. The first-order valence-corrected chi connectivity index (χ1v) is 9.07. The summed E-state index contributed by atoms with van der Waals surface area (Å²) in [6.07, 6.45) is 3.91. The zero-order valence-electron chi connectivity index (χ0n) is 17.6. The van der Waals surface area contributed by atoms with Gasteiger partial charge in [0.1, 0.15) is 5.41 Å². The summed E-state index contributed by atoms with van der Waals surface area (Å²) in [4.78, 5) is 60.0. The minimum absolute atomic E-state index is 0.294. The summed E-state index contributed by atoms with van der Waals surface area (Å²) >= 11 is 0. The molecule has 0 amide bonds. The van der Waals surface area contributed by atoms with E-state index in [4.69, 9.17) is 30.3 Å². The molecular formula is C20H22O15. The van der Waals surface area contributed by atoms with Crippen molar-refractivity contribution in [2.75, 3.05) is 13.2 Å². The SMILES string of the molecule is O=C(O)C=COC(C=CC(=O)O)(C=CC(=O)O)C(CO)(CO)C(C=CC(=O)O)(C=CC(=O)O)OO. The molecule has 15 nitrogen and oxygen atoms in total. The molecule has 0 aliphatic heterocycles. The Labute approximate surface area is 196 Å². The average Bonchev–Trinajstić information content (AvgIpc) is 2.77. The van der Waals surface area contributed by atoms with Crippen LogP contribution < -0.4 is 0 Å². The molecular weight excluding hydrogens is 480 g/mol. The lowest BCUT2D eigenvalue weighted by Gasteiger charge is -2.51. The van der Waals surface area contributed by atoms with Gasteiger partial charge >= 0.3 is 29.8 Å². The van der Waals surface area contributed by atoms with Crippen LogP contribution in [0.5, 0.6) is 0 Å². The van der Waals surface area contributed by atoms with Crippen LogP contribution in [0.3, 0.4) is 0 Å². The number of carbonyl (C=O) groups is 5. The van der Waals surface area contributed by atoms with E-state index in [0.717, 1.165) is 0 Å². The smallest absolute Gasteiger partial charge is 0.331 e. The number of carboxylic acid groups (broad SMARTS) is 5. The number of hydrogen-bond donors (Lipinski definition) is 8. The monoisotopic (exact) mass is 502 g/mol. The van der Waals surface area contributed by atoms with Gasteiger partial charge in [0.15, 0.2) is 11.2 Å². The third kappa shape index (κ3) is 7.90. The zero-order valence-corrected chi connectivity index (χ0v) is 17.6. The van der Waals surface area contributed by atoms with Gasteiger partial charge in [0.25, 0.3) is 0 Å². The van der Waals surface area contributed by atoms with E-state index in [1.165, 1.54) is 0 Å². The Morgan fingerprint density at radius 3 is 1.14 bits per heavy atom. The van der Waals surface area contributed by atoms with Gasteiger partial charge in [-0.15, -0.1) is 0 Å². The molecule has 0 aliphatic rings. The lowest BCUT2D eigenvalue weighted by molar-refractivity contribution is -0.341. The molecule has 35 heavy (non-hydrogen) atoms. The largest absolute Gasteiger partial charge is 0.485 e. The maximum absolute atomic E-state index is 11.2. The fourth-order valence-corrected chi connectivity index (χ4v) is 2.92. The number of hydrogen-bond acceptors (Lipinski definition) is 10. The Kier molecular flexibility index (Phi) is 11.8. The Balaban J connectivity index is 7.88. The van der Waals surface area contributed by atoms with E-state index in [2.05, 4.69) is 4.89 Å². The van der Waals surface area contributed by atoms with Gasteiger partial charge in [0.2, 0.25) is 0 Å². The Morgan fingerprint density at radius 2 is 0.886 bits per heavy atom. The first-order chi connectivity index (χ1) is 16.3. The molecule has 0 aromatic rings. The highest BCUT2D eigenvalue weighted by Crippen LogP contribution is 2.49. The lowest BCUT2D eigenvalue weighted by Crippen LogP contribution is -2.65. The highest BCUT2D eigenvalue weighted by atomic mass is 17.1. The molecule has 192 valence electrons. The molecule has 0 rings (SSSR count). The molecule has 0 saturated carbocycles. The fraction of sp³-hybridized carbons (Fsp3) is 0.250. The van der Waals surface area contributed by atoms with Crippen molar-refractivity contribution in [2.45, 2.75) is 11.2 Å². The fourth-order valence-electron chi connectivity index (χ4n) is 2.92. The molecule has 0 saturated heterocycles. The third-order valence-corrected chi connectivity index (χ3v) is 4.55. The van der Waals surface area contributed by atoms with E-state index >= 15 is 0 Å². The number of rotatable bonds is 16. The Morgan fingerprint density at radius 1 is 0.571 bits per heavy atom. The van der Waals surface area contributed by atoms with Crippen LogP contribution in [0.25, 0.3) is 0 Å². The molecule has 0 heterocycles. The van der Waals surface area contributed by atoms with Gasteiger partial charge in [-0.3, -0.25) is 5.26 Å². The van der Waals surface area contributed by atoms with Crippen molar-refractivity contribution >= 4 is 29.8 Å². The maximum Gasteiger partial charge on any atom is 0.331 e. The number of carboxylic acids is 5. The molecule has 0 unspecified atom stereocenters. The van der Waals surface area contributed by atoms with Crippen molar-refractivity contribution in [3.8, 4) is 0 Å².